The lowest BCUT2D eigenvalue weighted by Crippen LogP contribution is -2.46. The molecular weight excluding hydrogens is 468 g/mol. The van der Waals surface area contributed by atoms with Gasteiger partial charge >= 0.3 is 0 Å². The Hall–Kier alpha value is -3.97. The number of thiocarbonyl (C=S) groups is 1. The van der Waals surface area contributed by atoms with Crippen molar-refractivity contribution in [2.24, 2.45) is 0 Å². The van der Waals surface area contributed by atoms with Crippen LogP contribution in [0.3, 0.4) is 0 Å². The van der Waals surface area contributed by atoms with Gasteiger partial charge in [-0.2, -0.15) is 4.98 Å². The third-order valence-corrected chi connectivity index (χ3v) is 6.93. The quantitative estimate of drug-likeness (QED) is 0.315. The molecule has 1 atom stereocenters. The Bertz CT molecular complexity index is 1470. The first kappa shape index (κ1) is 23.8. The standard InChI is InChI=1S/C29H28N4O2S/c1-17-9-12-21(13-10-17)27-31-28(35-32-27)25-20(4)33(23-14-11-18(2)19(3)15-23)29(36)30-26(25)22-7-6-8-24(16-22)34-5/h6-16,26H,1-5H3,(H,30,36). The lowest BCUT2D eigenvalue weighted by Gasteiger charge is -2.37. The summed E-state index contributed by atoms with van der Waals surface area (Å²) in [7, 11) is 1.66. The van der Waals surface area contributed by atoms with Crippen LogP contribution < -0.4 is 15.0 Å². The Morgan fingerprint density at radius 2 is 1.72 bits per heavy atom. The number of nitrogens with zero attached hydrogens (tertiary/aromatic N) is 3. The molecule has 0 amide bonds. The van der Waals surface area contributed by atoms with E-state index in [1.54, 1.807) is 7.11 Å². The number of aryl methyl sites for hydroxylation is 3. The number of aromatic nitrogens is 2. The predicted molar refractivity (Wildman–Crippen MR) is 147 cm³/mol. The molecule has 0 fully saturated rings. The minimum atomic E-state index is -0.290. The van der Waals surface area contributed by atoms with Crippen molar-refractivity contribution in [1.29, 1.82) is 0 Å². The first-order chi connectivity index (χ1) is 17.4. The van der Waals surface area contributed by atoms with Gasteiger partial charge < -0.3 is 14.6 Å². The highest BCUT2D eigenvalue weighted by atomic mass is 32.1. The second-order valence-corrected chi connectivity index (χ2v) is 9.44. The fraction of sp³-hybridized carbons (Fsp3) is 0.207. The molecule has 0 saturated heterocycles. The van der Waals surface area contributed by atoms with E-state index in [1.807, 2.05) is 60.4 Å². The van der Waals surface area contributed by atoms with Gasteiger partial charge in [0, 0.05) is 16.9 Å². The highest BCUT2D eigenvalue weighted by molar-refractivity contribution is 7.80. The largest absolute Gasteiger partial charge is 0.497 e. The normalized spacial score (nSPS) is 15.8. The Morgan fingerprint density at radius 1 is 0.944 bits per heavy atom. The monoisotopic (exact) mass is 496 g/mol. The minimum absolute atomic E-state index is 0.290. The number of methoxy groups -OCH3 is 1. The van der Waals surface area contributed by atoms with E-state index < -0.39 is 0 Å². The molecule has 7 heteroatoms. The SMILES string of the molecule is COc1cccc(C2NC(=S)N(c3ccc(C)c(C)c3)C(C)=C2c2nc(-c3ccc(C)cc3)no2)c1. The highest BCUT2D eigenvalue weighted by Crippen LogP contribution is 2.40. The lowest BCUT2D eigenvalue weighted by atomic mass is 9.94. The summed E-state index contributed by atoms with van der Waals surface area (Å²) in [6, 6.07) is 22.0. The van der Waals surface area contributed by atoms with E-state index in [9.17, 15) is 0 Å². The van der Waals surface area contributed by atoms with Crippen molar-refractivity contribution in [1.82, 2.24) is 15.5 Å². The van der Waals surface area contributed by atoms with Crippen molar-refractivity contribution in [3.63, 3.8) is 0 Å². The summed E-state index contributed by atoms with van der Waals surface area (Å²) in [4.78, 5) is 6.84. The Labute approximate surface area is 216 Å². The van der Waals surface area contributed by atoms with Gasteiger partial charge in [0.15, 0.2) is 5.11 Å². The van der Waals surface area contributed by atoms with Crippen molar-refractivity contribution >= 4 is 28.6 Å². The third kappa shape index (κ3) is 4.38. The molecule has 0 saturated carbocycles. The minimum Gasteiger partial charge on any atom is -0.497 e. The molecule has 0 bridgehead atoms. The number of nitrogens with one attached hydrogen (secondary N) is 1. The topological polar surface area (TPSA) is 63.4 Å². The van der Waals surface area contributed by atoms with E-state index in [0.717, 1.165) is 33.8 Å². The molecule has 0 spiro atoms. The first-order valence-electron chi connectivity index (χ1n) is 11.8. The van der Waals surface area contributed by atoms with Crippen molar-refractivity contribution in [2.45, 2.75) is 33.7 Å². The Balaban J connectivity index is 1.66. The summed E-state index contributed by atoms with van der Waals surface area (Å²) in [6.45, 7) is 8.30. The zero-order valence-electron chi connectivity index (χ0n) is 21.0. The van der Waals surface area contributed by atoms with Crippen molar-refractivity contribution in [3.8, 4) is 17.1 Å². The Morgan fingerprint density at radius 3 is 2.44 bits per heavy atom. The maximum absolute atomic E-state index is 5.88. The molecule has 0 aliphatic carbocycles. The molecule has 1 N–H and O–H groups in total. The van der Waals surface area contributed by atoms with Gasteiger partial charge in [0.05, 0.1) is 18.7 Å². The van der Waals surface area contributed by atoms with E-state index >= 15 is 0 Å². The van der Waals surface area contributed by atoms with Crippen LogP contribution in [-0.4, -0.2) is 22.4 Å². The average molecular weight is 497 g/mol. The fourth-order valence-corrected chi connectivity index (χ4v) is 4.78. The van der Waals surface area contributed by atoms with Crippen LogP contribution in [0.5, 0.6) is 5.75 Å². The molecule has 1 aromatic heterocycles. The van der Waals surface area contributed by atoms with Gasteiger partial charge in [-0.1, -0.05) is 53.2 Å². The number of hydrogen-bond acceptors (Lipinski definition) is 5. The summed E-state index contributed by atoms with van der Waals surface area (Å²) in [5.41, 5.74) is 8.25. The zero-order valence-corrected chi connectivity index (χ0v) is 21.8. The van der Waals surface area contributed by atoms with Crippen LogP contribution in [0.1, 0.15) is 41.1 Å². The van der Waals surface area contributed by atoms with Crippen LogP contribution >= 0.6 is 12.2 Å². The van der Waals surface area contributed by atoms with Gasteiger partial charge in [0.1, 0.15) is 5.75 Å². The van der Waals surface area contributed by atoms with E-state index in [2.05, 4.69) is 49.4 Å². The molecule has 182 valence electrons. The summed E-state index contributed by atoms with van der Waals surface area (Å²) >= 11 is 5.88. The van der Waals surface area contributed by atoms with E-state index in [1.165, 1.54) is 16.7 Å². The van der Waals surface area contributed by atoms with Crippen molar-refractivity contribution < 1.29 is 9.26 Å². The molecule has 2 heterocycles. The zero-order chi connectivity index (χ0) is 25.4. The number of allylic oxidation sites excluding steroid dienone is 1. The molecule has 0 radical (unpaired) electrons. The smallest absolute Gasteiger partial charge is 0.258 e. The fourth-order valence-electron chi connectivity index (χ4n) is 4.42. The van der Waals surface area contributed by atoms with Crippen LogP contribution in [-0.2, 0) is 0 Å². The maximum Gasteiger partial charge on any atom is 0.258 e. The highest BCUT2D eigenvalue weighted by Gasteiger charge is 2.35. The lowest BCUT2D eigenvalue weighted by molar-refractivity contribution is 0.403. The van der Waals surface area contributed by atoms with Crippen molar-refractivity contribution in [3.05, 3.63) is 101 Å². The number of ether oxygens (including phenoxy) is 1. The number of anilines is 1. The summed E-state index contributed by atoms with van der Waals surface area (Å²) < 4.78 is 11.4. The van der Waals surface area contributed by atoms with Crippen LogP contribution in [0.25, 0.3) is 17.0 Å². The first-order valence-corrected chi connectivity index (χ1v) is 12.2. The van der Waals surface area contributed by atoms with Gasteiger partial charge in [-0.3, -0.25) is 4.90 Å². The van der Waals surface area contributed by atoms with E-state index in [-0.39, 0.29) is 6.04 Å². The molecule has 1 aliphatic heterocycles. The van der Waals surface area contributed by atoms with Crippen LogP contribution in [0.2, 0.25) is 0 Å². The second-order valence-electron chi connectivity index (χ2n) is 9.05. The van der Waals surface area contributed by atoms with Crippen LogP contribution in [0.4, 0.5) is 5.69 Å². The molecule has 6 nitrogen and oxygen atoms in total. The predicted octanol–water partition coefficient (Wildman–Crippen LogP) is 6.54. The summed E-state index contributed by atoms with van der Waals surface area (Å²) in [5, 5.41) is 8.43. The molecular formula is C29H28N4O2S. The molecule has 1 unspecified atom stereocenters. The third-order valence-electron chi connectivity index (χ3n) is 6.63. The van der Waals surface area contributed by atoms with Crippen LogP contribution in [0.15, 0.2) is 77.0 Å². The Kier molecular flexibility index (Phi) is 6.33. The van der Waals surface area contributed by atoms with Crippen LogP contribution in [0, 0.1) is 20.8 Å². The molecule has 1 aliphatic rings. The van der Waals surface area contributed by atoms with E-state index in [0.29, 0.717) is 16.8 Å². The number of hydrogen-bond donors (Lipinski definition) is 1. The number of rotatable bonds is 5. The van der Waals surface area contributed by atoms with E-state index in [4.69, 9.17) is 26.5 Å². The van der Waals surface area contributed by atoms with Gasteiger partial charge in [-0.25, -0.2) is 0 Å². The van der Waals surface area contributed by atoms with Gasteiger partial charge in [-0.15, -0.1) is 0 Å². The van der Waals surface area contributed by atoms with Gasteiger partial charge in [0.25, 0.3) is 5.89 Å². The summed E-state index contributed by atoms with van der Waals surface area (Å²) in [5.74, 6) is 1.75. The average Bonchev–Trinajstić information content (AvgIpc) is 3.36. The molecule has 5 rings (SSSR count). The molecule has 3 aromatic carbocycles. The maximum atomic E-state index is 5.88. The number of benzene rings is 3. The second kappa shape index (κ2) is 9.59. The van der Waals surface area contributed by atoms with Crippen molar-refractivity contribution in [2.75, 3.05) is 12.0 Å². The van der Waals surface area contributed by atoms with Gasteiger partial charge in [-0.05, 0) is 80.9 Å². The molecule has 36 heavy (non-hydrogen) atoms. The van der Waals surface area contributed by atoms with Gasteiger partial charge in [0.2, 0.25) is 5.82 Å². The molecule has 4 aromatic rings. The summed E-state index contributed by atoms with van der Waals surface area (Å²) in [6.07, 6.45) is 0.